The first-order valence-corrected chi connectivity index (χ1v) is 7.51. The number of amides is 1. The molecule has 3 N–H and O–H groups in total. The minimum absolute atomic E-state index is 0.0575. The number of rotatable bonds is 5. The van der Waals surface area contributed by atoms with Crippen LogP contribution in [0.2, 0.25) is 0 Å². The number of hydrogen-bond donors (Lipinski definition) is 2. The van der Waals surface area contributed by atoms with Crippen LogP contribution in [0.25, 0.3) is 11.4 Å². The maximum Gasteiger partial charge on any atom is 0.230 e. The summed E-state index contributed by atoms with van der Waals surface area (Å²) in [5.74, 6) is 5.85. The van der Waals surface area contributed by atoms with E-state index in [1.54, 1.807) is 18.2 Å². The quantitative estimate of drug-likeness (QED) is 0.640. The predicted molar refractivity (Wildman–Crippen MR) is 77.5 cm³/mol. The summed E-state index contributed by atoms with van der Waals surface area (Å²) in [4.78, 5) is 11.6. The van der Waals surface area contributed by atoms with Gasteiger partial charge in [0, 0.05) is 6.04 Å². The Morgan fingerprint density at radius 3 is 2.90 bits per heavy atom. The van der Waals surface area contributed by atoms with Crippen molar-refractivity contribution in [3.63, 3.8) is 0 Å². The Bertz CT molecular complexity index is 670. The van der Waals surface area contributed by atoms with Gasteiger partial charge in [-0.05, 0) is 25.0 Å². The lowest BCUT2D eigenvalue weighted by Crippen LogP contribution is -2.27. The molecule has 8 heteroatoms. The zero-order valence-electron chi connectivity index (χ0n) is 11.1. The fraction of sp³-hybridized carbons (Fsp3) is 0.308. The first kappa shape index (κ1) is 13.9. The van der Waals surface area contributed by atoms with Crippen LogP contribution in [0.3, 0.4) is 0 Å². The van der Waals surface area contributed by atoms with Crippen LogP contribution in [0.1, 0.15) is 12.8 Å². The van der Waals surface area contributed by atoms with Crippen molar-refractivity contribution in [2.24, 2.45) is 0 Å². The number of benzene rings is 1. The summed E-state index contributed by atoms with van der Waals surface area (Å²) in [5.41, 5.74) is 0.279. The molecule has 0 saturated heterocycles. The number of carbonyl (C=O) groups is 1. The minimum Gasteiger partial charge on any atom is -0.353 e. The molecule has 1 aliphatic rings. The number of halogens is 1. The number of hydrogen-bond acceptors (Lipinski definition) is 5. The summed E-state index contributed by atoms with van der Waals surface area (Å²) in [6, 6.07) is 6.52. The molecule has 1 aromatic carbocycles. The minimum atomic E-state index is -0.417. The van der Waals surface area contributed by atoms with Crippen LogP contribution in [0, 0.1) is 5.82 Å². The maximum absolute atomic E-state index is 13.7. The highest BCUT2D eigenvalue weighted by atomic mass is 32.2. The molecular weight excluding hydrogens is 293 g/mol. The number of nitrogens with two attached hydrogens (primary N) is 1. The van der Waals surface area contributed by atoms with E-state index in [0.29, 0.717) is 11.2 Å². The average molecular weight is 307 g/mol. The van der Waals surface area contributed by atoms with Crippen LogP contribution in [0.5, 0.6) is 0 Å². The van der Waals surface area contributed by atoms with E-state index in [-0.39, 0.29) is 23.0 Å². The molecule has 21 heavy (non-hydrogen) atoms. The van der Waals surface area contributed by atoms with Crippen molar-refractivity contribution in [2.45, 2.75) is 24.0 Å². The van der Waals surface area contributed by atoms with Gasteiger partial charge in [-0.2, -0.15) is 0 Å². The fourth-order valence-electron chi connectivity index (χ4n) is 1.83. The van der Waals surface area contributed by atoms with Gasteiger partial charge in [0.2, 0.25) is 11.1 Å². The third-order valence-corrected chi connectivity index (χ3v) is 4.00. The molecule has 0 radical (unpaired) electrons. The van der Waals surface area contributed by atoms with Crippen molar-refractivity contribution in [1.29, 1.82) is 0 Å². The predicted octanol–water partition coefficient (Wildman–Crippen LogP) is 1.17. The number of nitrogens with zero attached hydrogens (tertiary/aromatic N) is 3. The molecule has 0 unspecified atom stereocenters. The molecule has 1 amide bonds. The largest absolute Gasteiger partial charge is 0.353 e. The molecule has 0 aliphatic heterocycles. The molecule has 1 aromatic heterocycles. The summed E-state index contributed by atoms with van der Waals surface area (Å²) in [7, 11) is 0. The van der Waals surface area contributed by atoms with E-state index in [4.69, 9.17) is 5.84 Å². The number of aromatic nitrogens is 3. The Kier molecular flexibility index (Phi) is 3.78. The standard InChI is InChI=1S/C13H14FN5OS/c14-10-4-2-1-3-9(10)12-17-18-13(19(12)15)21-7-11(20)16-8-5-6-8/h1-4,8H,5-7,15H2,(H,16,20). The van der Waals surface area contributed by atoms with Gasteiger partial charge in [-0.15, -0.1) is 10.2 Å². The second-order valence-corrected chi connectivity index (χ2v) is 5.73. The van der Waals surface area contributed by atoms with Gasteiger partial charge < -0.3 is 11.2 Å². The van der Waals surface area contributed by atoms with Crippen LogP contribution < -0.4 is 11.2 Å². The molecule has 0 spiro atoms. The van der Waals surface area contributed by atoms with Crippen molar-refractivity contribution in [2.75, 3.05) is 11.6 Å². The average Bonchev–Trinajstić information content (AvgIpc) is 3.20. The van der Waals surface area contributed by atoms with E-state index in [1.807, 2.05) is 0 Å². The zero-order chi connectivity index (χ0) is 14.8. The van der Waals surface area contributed by atoms with E-state index in [1.165, 1.54) is 22.5 Å². The van der Waals surface area contributed by atoms with Crippen LogP contribution in [-0.4, -0.2) is 32.6 Å². The zero-order valence-corrected chi connectivity index (χ0v) is 11.9. The van der Waals surface area contributed by atoms with Gasteiger partial charge in [0.15, 0.2) is 5.82 Å². The van der Waals surface area contributed by atoms with Gasteiger partial charge >= 0.3 is 0 Å². The van der Waals surface area contributed by atoms with Crippen LogP contribution in [0.4, 0.5) is 4.39 Å². The normalized spacial score (nSPS) is 14.1. The third-order valence-electron chi connectivity index (χ3n) is 3.05. The lowest BCUT2D eigenvalue weighted by molar-refractivity contribution is -0.118. The smallest absolute Gasteiger partial charge is 0.230 e. The van der Waals surface area contributed by atoms with Crippen LogP contribution in [-0.2, 0) is 4.79 Å². The van der Waals surface area contributed by atoms with Crippen molar-refractivity contribution >= 4 is 17.7 Å². The summed E-state index contributed by atoms with van der Waals surface area (Å²) >= 11 is 1.18. The molecule has 1 saturated carbocycles. The highest BCUT2D eigenvalue weighted by Crippen LogP contribution is 2.24. The number of thioether (sulfide) groups is 1. The molecule has 3 rings (SSSR count). The van der Waals surface area contributed by atoms with E-state index >= 15 is 0 Å². The Morgan fingerprint density at radius 2 is 2.19 bits per heavy atom. The van der Waals surface area contributed by atoms with E-state index in [0.717, 1.165) is 12.8 Å². The molecule has 6 nitrogen and oxygen atoms in total. The highest BCUT2D eigenvalue weighted by molar-refractivity contribution is 7.99. The van der Waals surface area contributed by atoms with Crippen molar-refractivity contribution in [1.82, 2.24) is 20.2 Å². The molecule has 1 fully saturated rings. The van der Waals surface area contributed by atoms with Gasteiger partial charge in [-0.1, -0.05) is 23.9 Å². The first-order valence-electron chi connectivity index (χ1n) is 6.52. The van der Waals surface area contributed by atoms with Gasteiger partial charge in [-0.3, -0.25) is 4.79 Å². The van der Waals surface area contributed by atoms with E-state index in [9.17, 15) is 9.18 Å². The second-order valence-electron chi connectivity index (χ2n) is 4.79. The summed E-state index contributed by atoms with van der Waals surface area (Å²) in [6.07, 6.45) is 2.09. The monoisotopic (exact) mass is 307 g/mol. The maximum atomic E-state index is 13.7. The van der Waals surface area contributed by atoms with Crippen molar-refractivity contribution < 1.29 is 9.18 Å². The van der Waals surface area contributed by atoms with Crippen LogP contribution in [0.15, 0.2) is 29.4 Å². The Balaban J connectivity index is 1.70. The number of nitrogens with one attached hydrogen (secondary N) is 1. The third kappa shape index (κ3) is 3.15. The van der Waals surface area contributed by atoms with Gasteiger partial charge in [0.1, 0.15) is 5.82 Å². The molecule has 110 valence electrons. The van der Waals surface area contributed by atoms with Crippen molar-refractivity contribution in [3.8, 4) is 11.4 Å². The first-order chi connectivity index (χ1) is 10.1. The summed E-state index contributed by atoms with van der Waals surface area (Å²) in [5, 5.41) is 11.0. The van der Waals surface area contributed by atoms with Crippen LogP contribution >= 0.6 is 11.8 Å². The molecule has 2 aromatic rings. The lowest BCUT2D eigenvalue weighted by atomic mass is 10.2. The fourth-order valence-corrected chi connectivity index (χ4v) is 2.50. The Hall–Kier alpha value is -2.09. The second kappa shape index (κ2) is 5.72. The molecule has 1 heterocycles. The van der Waals surface area contributed by atoms with Crippen molar-refractivity contribution in [3.05, 3.63) is 30.1 Å². The topological polar surface area (TPSA) is 85.8 Å². The number of nitrogen functional groups attached to an aromatic ring is 1. The van der Waals surface area contributed by atoms with Gasteiger partial charge in [-0.25, -0.2) is 9.07 Å². The molecule has 0 atom stereocenters. The summed E-state index contributed by atoms with van der Waals surface area (Å²) in [6.45, 7) is 0. The highest BCUT2D eigenvalue weighted by Gasteiger charge is 2.23. The van der Waals surface area contributed by atoms with E-state index < -0.39 is 5.82 Å². The lowest BCUT2D eigenvalue weighted by Gasteiger charge is -2.05. The van der Waals surface area contributed by atoms with E-state index in [2.05, 4.69) is 15.5 Å². The number of carbonyl (C=O) groups excluding carboxylic acids is 1. The van der Waals surface area contributed by atoms with Gasteiger partial charge in [0.05, 0.1) is 11.3 Å². The Labute approximate surface area is 124 Å². The van der Waals surface area contributed by atoms with Gasteiger partial charge in [0.25, 0.3) is 0 Å². The molecule has 1 aliphatic carbocycles. The Morgan fingerprint density at radius 1 is 1.43 bits per heavy atom. The molecular formula is C13H14FN5OS. The SMILES string of the molecule is Nn1c(SCC(=O)NC2CC2)nnc1-c1ccccc1F. The summed E-state index contributed by atoms with van der Waals surface area (Å²) < 4.78 is 14.9. The molecule has 0 bridgehead atoms.